The maximum absolute atomic E-state index is 11.5. The lowest BCUT2D eigenvalue weighted by atomic mass is 9.91. The van der Waals surface area contributed by atoms with Crippen molar-refractivity contribution in [2.24, 2.45) is 0 Å². The summed E-state index contributed by atoms with van der Waals surface area (Å²) in [6, 6.07) is 0. The molecule has 1 atom stereocenters. The van der Waals surface area contributed by atoms with Crippen molar-refractivity contribution in [2.45, 2.75) is 38.1 Å². The van der Waals surface area contributed by atoms with Crippen LogP contribution in [0.2, 0.25) is 0 Å². The van der Waals surface area contributed by atoms with Crippen molar-refractivity contribution in [1.82, 2.24) is 10.2 Å². The molecular weight excluding hydrogens is 226 g/mol. The molecule has 16 heavy (non-hydrogen) atoms. The van der Waals surface area contributed by atoms with Gasteiger partial charge in [0.15, 0.2) is 0 Å². The summed E-state index contributed by atoms with van der Waals surface area (Å²) in [5.41, 5.74) is 0.889. The van der Waals surface area contributed by atoms with Crippen LogP contribution in [0.15, 0.2) is 5.51 Å². The highest BCUT2D eigenvalue weighted by Gasteiger charge is 2.48. The molecule has 5 nitrogen and oxygen atoms in total. The summed E-state index contributed by atoms with van der Waals surface area (Å²) in [4.78, 5) is 13.4. The Balaban J connectivity index is 2.33. The summed E-state index contributed by atoms with van der Waals surface area (Å²) < 4.78 is 0. The highest BCUT2D eigenvalue weighted by atomic mass is 32.1. The zero-order chi connectivity index (χ0) is 11.6. The van der Waals surface area contributed by atoms with E-state index in [2.05, 4.69) is 10.2 Å². The fraction of sp³-hybridized carbons (Fsp3) is 0.700. The van der Waals surface area contributed by atoms with Crippen LogP contribution in [0.5, 0.6) is 0 Å². The lowest BCUT2D eigenvalue weighted by Crippen LogP contribution is -2.50. The minimum atomic E-state index is -0.756. The second kappa shape index (κ2) is 4.37. The predicted molar refractivity (Wildman–Crippen MR) is 61.8 cm³/mol. The molecule has 1 unspecified atom stereocenters. The summed E-state index contributed by atoms with van der Waals surface area (Å²) in [6.45, 7) is 2.78. The van der Waals surface area contributed by atoms with Crippen LogP contribution >= 0.6 is 11.3 Å². The molecule has 88 valence electrons. The lowest BCUT2D eigenvalue weighted by molar-refractivity contribution is -0.143. The standard InChI is InChI=1S/C10H15N3O2S/c1-2-4-10(8(14)15)5-3-6-13(10)9-12-11-7-16-9/h7H,2-6H2,1H3,(H,14,15). The van der Waals surface area contributed by atoms with Crippen molar-refractivity contribution in [3.8, 4) is 0 Å². The second-order valence-corrected chi connectivity index (χ2v) is 4.87. The summed E-state index contributed by atoms with van der Waals surface area (Å²) in [6.07, 6.45) is 3.14. The first kappa shape index (κ1) is 11.3. The number of rotatable bonds is 4. The molecule has 2 rings (SSSR count). The van der Waals surface area contributed by atoms with Crippen molar-refractivity contribution >= 4 is 22.4 Å². The Labute approximate surface area is 98.1 Å². The van der Waals surface area contributed by atoms with Crippen molar-refractivity contribution < 1.29 is 9.90 Å². The molecule has 0 radical (unpaired) electrons. The van der Waals surface area contributed by atoms with E-state index in [1.807, 2.05) is 11.8 Å². The molecule has 1 aliphatic rings. The first-order valence-electron chi connectivity index (χ1n) is 5.48. The minimum Gasteiger partial charge on any atom is -0.479 e. The first-order valence-corrected chi connectivity index (χ1v) is 6.36. The second-order valence-electron chi connectivity index (χ2n) is 4.06. The highest BCUT2D eigenvalue weighted by molar-refractivity contribution is 7.13. The molecule has 1 aromatic heterocycles. The molecule has 0 bridgehead atoms. The van der Waals surface area contributed by atoms with Crippen molar-refractivity contribution in [2.75, 3.05) is 11.4 Å². The van der Waals surface area contributed by atoms with Crippen LogP contribution in [0.3, 0.4) is 0 Å². The first-order chi connectivity index (χ1) is 7.70. The summed E-state index contributed by atoms with van der Waals surface area (Å²) in [5, 5.41) is 18.0. The van der Waals surface area contributed by atoms with Crippen LogP contribution in [0.25, 0.3) is 0 Å². The van der Waals surface area contributed by atoms with E-state index in [1.165, 1.54) is 11.3 Å². The number of carboxylic acid groups (broad SMARTS) is 1. The number of aromatic nitrogens is 2. The molecule has 1 fully saturated rings. The van der Waals surface area contributed by atoms with Gasteiger partial charge in [-0.3, -0.25) is 0 Å². The van der Waals surface area contributed by atoms with Gasteiger partial charge in [-0.05, 0) is 19.3 Å². The number of anilines is 1. The van der Waals surface area contributed by atoms with Crippen LogP contribution in [0.4, 0.5) is 5.13 Å². The molecular formula is C10H15N3O2S. The van der Waals surface area contributed by atoms with E-state index >= 15 is 0 Å². The van der Waals surface area contributed by atoms with E-state index in [1.54, 1.807) is 5.51 Å². The third-order valence-corrected chi connectivity index (χ3v) is 3.84. The molecule has 6 heteroatoms. The fourth-order valence-electron chi connectivity index (χ4n) is 2.45. The molecule has 0 amide bonds. The van der Waals surface area contributed by atoms with Crippen molar-refractivity contribution in [3.63, 3.8) is 0 Å². The maximum Gasteiger partial charge on any atom is 0.329 e. The smallest absolute Gasteiger partial charge is 0.329 e. The number of aliphatic carboxylic acids is 1. The Morgan fingerprint density at radius 3 is 3.12 bits per heavy atom. The highest BCUT2D eigenvalue weighted by Crippen LogP contribution is 2.38. The zero-order valence-corrected chi connectivity index (χ0v) is 10.0. The molecule has 0 aliphatic carbocycles. The number of carboxylic acids is 1. The Morgan fingerprint density at radius 2 is 2.56 bits per heavy atom. The van der Waals surface area contributed by atoms with Gasteiger partial charge in [-0.15, -0.1) is 10.2 Å². The Bertz CT molecular complexity index is 368. The van der Waals surface area contributed by atoms with Gasteiger partial charge < -0.3 is 10.0 Å². The number of hydrogen-bond acceptors (Lipinski definition) is 5. The minimum absolute atomic E-state index is 0.669. The van der Waals surface area contributed by atoms with Gasteiger partial charge in [0.05, 0.1) is 0 Å². The van der Waals surface area contributed by atoms with Gasteiger partial charge in [-0.2, -0.15) is 0 Å². The third kappa shape index (κ3) is 1.67. The van der Waals surface area contributed by atoms with Crippen LogP contribution < -0.4 is 4.90 Å². The van der Waals surface area contributed by atoms with E-state index in [-0.39, 0.29) is 0 Å². The maximum atomic E-state index is 11.5. The monoisotopic (exact) mass is 241 g/mol. The van der Waals surface area contributed by atoms with E-state index in [0.29, 0.717) is 12.8 Å². The third-order valence-electron chi connectivity index (χ3n) is 3.13. The van der Waals surface area contributed by atoms with Crippen LogP contribution in [-0.2, 0) is 4.79 Å². The Kier molecular flexibility index (Phi) is 3.09. The molecule has 1 aliphatic heterocycles. The summed E-state index contributed by atoms with van der Waals surface area (Å²) in [7, 11) is 0. The van der Waals surface area contributed by atoms with Gasteiger partial charge in [0.1, 0.15) is 11.0 Å². The fourth-order valence-corrected chi connectivity index (χ4v) is 3.12. The normalized spacial score (nSPS) is 24.9. The SMILES string of the molecule is CCCC1(C(=O)O)CCCN1c1nncs1. The molecule has 1 saturated heterocycles. The largest absolute Gasteiger partial charge is 0.479 e. The van der Waals surface area contributed by atoms with E-state index < -0.39 is 11.5 Å². The van der Waals surface area contributed by atoms with Crippen LogP contribution in [0, 0.1) is 0 Å². The van der Waals surface area contributed by atoms with Crippen molar-refractivity contribution in [3.05, 3.63) is 5.51 Å². The Morgan fingerprint density at radius 1 is 1.75 bits per heavy atom. The van der Waals surface area contributed by atoms with Gasteiger partial charge >= 0.3 is 5.97 Å². The van der Waals surface area contributed by atoms with Crippen LogP contribution in [0.1, 0.15) is 32.6 Å². The Hall–Kier alpha value is -1.17. The lowest BCUT2D eigenvalue weighted by Gasteiger charge is -2.34. The van der Waals surface area contributed by atoms with Gasteiger partial charge in [0, 0.05) is 6.54 Å². The van der Waals surface area contributed by atoms with Gasteiger partial charge in [0.2, 0.25) is 5.13 Å². The molecule has 0 aromatic carbocycles. The van der Waals surface area contributed by atoms with Crippen LogP contribution in [-0.4, -0.2) is 33.4 Å². The van der Waals surface area contributed by atoms with E-state index in [9.17, 15) is 9.90 Å². The molecule has 2 heterocycles. The predicted octanol–water partition coefficient (Wildman–Crippen LogP) is 1.76. The van der Waals surface area contributed by atoms with Gasteiger partial charge in [-0.25, -0.2) is 4.79 Å². The number of nitrogens with zero attached hydrogens (tertiary/aromatic N) is 3. The topological polar surface area (TPSA) is 66.3 Å². The van der Waals surface area contributed by atoms with E-state index in [4.69, 9.17) is 0 Å². The van der Waals surface area contributed by atoms with Gasteiger partial charge in [-0.1, -0.05) is 24.7 Å². The molecule has 0 spiro atoms. The van der Waals surface area contributed by atoms with Gasteiger partial charge in [0.25, 0.3) is 0 Å². The average molecular weight is 241 g/mol. The molecule has 1 aromatic rings. The number of hydrogen-bond donors (Lipinski definition) is 1. The van der Waals surface area contributed by atoms with Crippen molar-refractivity contribution in [1.29, 1.82) is 0 Å². The summed E-state index contributed by atoms with van der Waals surface area (Å²) >= 11 is 1.41. The average Bonchev–Trinajstić information content (AvgIpc) is 2.85. The quantitative estimate of drug-likeness (QED) is 0.870. The van der Waals surface area contributed by atoms with E-state index in [0.717, 1.165) is 24.5 Å². The number of carbonyl (C=O) groups is 1. The molecule has 0 saturated carbocycles. The summed E-state index contributed by atoms with van der Waals surface area (Å²) in [5.74, 6) is -0.734. The molecule has 1 N–H and O–H groups in total. The zero-order valence-electron chi connectivity index (χ0n) is 9.22.